The van der Waals surface area contributed by atoms with Crippen LogP contribution in [0.2, 0.25) is 0 Å². The van der Waals surface area contributed by atoms with E-state index in [0.717, 1.165) is 30.3 Å². The van der Waals surface area contributed by atoms with E-state index in [1.807, 2.05) is 6.07 Å². The largest absolute Gasteiger partial charge is 0.494 e. The maximum Gasteiger partial charge on any atom is 0.332 e. The number of unbranched alkanes of at least 4 members (excludes halogenated alkanes) is 3. The van der Waals surface area contributed by atoms with Gasteiger partial charge in [0.05, 0.1) is 11.3 Å². The molecule has 4 aromatic rings. The van der Waals surface area contributed by atoms with Gasteiger partial charge in [0.1, 0.15) is 0 Å². The molecule has 0 saturated carbocycles. The molecule has 0 unspecified atom stereocenters. The van der Waals surface area contributed by atoms with Gasteiger partial charge in [-0.1, -0.05) is 44.4 Å². The monoisotopic (exact) mass is 451 g/mol. The van der Waals surface area contributed by atoms with Crippen LogP contribution < -0.4 is 16.8 Å². The number of fused-ring (bicyclic) bond motifs is 3. The van der Waals surface area contributed by atoms with Gasteiger partial charge in [-0.25, -0.2) is 13.8 Å². The van der Waals surface area contributed by atoms with Crippen molar-refractivity contribution in [2.75, 3.05) is 0 Å². The van der Waals surface area contributed by atoms with E-state index in [0.29, 0.717) is 18.7 Å². The summed E-state index contributed by atoms with van der Waals surface area (Å²) in [6.07, 6.45) is 4.14. The lowest BCUT2D eigenvalue weighted by molar-refractivity contribution is 0.434. The first-order chi connectivity index (χ1) is 16.0. The fourth-order valence-corrected chi connectivity index (χ4v) is 4.36. The molecule has 0 aliphatic rings. The van der Waals surface area contributed by atoms with Gasteiger partial charge in [0.2, 0.25) is 11.7 Å². The Labute approximate surface area is 190 Å². The van der Waals surface area contributed by atoms with E-state index >= 15 is 0 Å². The predicted octanol–water partition coefficient (Wildman–Crippen LogP) is 2.83. The number of aromatic hydroxyl groups is 1. The Hall–Kier alpha value is -3.62. The lowest BCUT2D eigenvalue weighted by Gasteiger charge is -2.13. The van der Waals surface area contributed by atoms with Crippen LogP contribution in [0.5, 0.6) is 5.88 Å². The molecule has 0 atom stereocenters. The van der Waals surface area contributed by atoms with Gasteiger partial charge in [0, 0.05) is 13.1 Å². The molecule has 0 aliphatic carbocycles. The Morgan fingerprint density at radius 2 is 1.58 bits per heavy atom. The average Bonchev–Trinajstić information content (AvgIpc) is 3.20. The van der Waals surface area contributed by atoms with Gasteiger partial charge in [-0.15, -0.1) is 0 Å². The SMILES string of the molecule is CCCCCCc1c(O)n2c3c(=O)n(CC)c(=O)n(CC)c3nc2n(-c2ccccc2)c1=O. The molecule has 4 rings (SSSR count). The Balaban J connectivity index is 2.18. The van der Waals surface area contributed by atoms with Crippen molar-refractivity contribution < 1.29 is 5.11 Å². The van der Waals surface area contributed by atoms with Crippen LogP contribution in [0.1, 0.15) is 52.0 Å². The number of hydrogen-bond donors (Lipinski definition) is 1. The number of para-hydroxylation sites is 1. The van der Waals surface area contributed by atoms with E-state index < -0.39 is 11.2 Å². The van der Waals surface area contributed by atoms with Crippen LogP contribution in [-0.2, 0) is 19.5 Å². The second kappa shape index (κ2) is 9.09. The minimum absolute atomic E-state index is 0.0882. The summed E-state index contributed by atoms with van der Waals surface area (Å²) in [6, 6.07) is 9.00. The summed E-state index contributed by atoms with van der Waals surface area (Å²) in [5.41, 5.74) is -0.338. The van der Waals surface area contributed by atoms with Crippen molar-refractivity contribution >= 4 is 16.9 Å². The molecule has 174 valence electrons. The summed E-state index contributed by atoms with van der Waals surface area (Å²) in [4.78, 5) is 44.3. The van der Waals surface area contributed by atoms with Crippen molar-refractivity contribution in [3.63, 3.8) is 0 Å². The van der Waals surface area contributed by atoms with Gasteiger partial charge in [-0.2, -0.15) is 4.98 Å². The Bertz CT molecular complexity index is 1490. The first kappa shape index (κ1) is 22.6. The number of aryl methyl sites for hydroxylation is 1. The molecular weight excluding hydrogens is 422 g/mol. The second-order valence-corrected chi connectivity index (χ2v) is 8.08. The van der Waals surface area contributed by atoms with Gasteiger partial charge in [-0.05, 0) is 38.8 Å². The smallest absolute Gasteiger partial charge is 0.332 e. The normalized spacial score (nSPS) is 11.6. The minimum atomic E-state index is -0.541. The predicted molar refractivity (Wildman–Crippen MR) is 128 cm³/mol. The van der Waals surface area contributed by atoms with Crippen molar-refractivity contribution in [1.82, 2.24) is 23.1 Å². The van der Waals surface area contributed by atoms with E-state index in [9.17, 15) is 19.5 Å². The van der Waals surface area contributed by atoms with Crippen LogP contribution in [0.25, 0.3) is 22.6 Å². The van der Waals surface area contributed by atoms with Crippen LogP contribution in [0, 0.1) is 0 Å². The summed E-state index contributed by atoms with van der Waals surface area (Å²) < 4.78 is 5.26. The van der Waals surface area contributed by atoms with Crippen LogP contribution in [-0.4, -0.2) is 28.2 Å². The molecule has 0 radical (unpaired) electrons. The third-order valence-corrected chi connectivity index (χ3v) is 6.08. The Kier molecular flexibility index (Phi) is 6.22. The molecule has 3 heterocycles. The zero-order valence-corrected chi connectivity index (χ0v) is 19.2. The van der Waals surface area contributed by atoms with Crippen LogP contribution in [0.15, 0.2) is 44.7 Å². The van der Waals surface area contributed by atoms with Crippen molar-refractivity contribution in [1.29, 1.82) is 0 Å². The molecule has 0 aliphatic heterocycles. The fraction of sp³-hybridized carbons (Fsp3) is 0.417. The number of hydrogen-bond acceptors (Lipinski definition) is 5. The number of rotatable bonds is 8. The highest BCUT2D eigenvalue weighted by Crippen LogP contribution is 2.24. The van der Waals surface area contributed by atoms with E-state index in [4.69, 9.17) is 0 Å². The first-order valence-electron chi connectivity index (χ1n) is 11.5. The highest BCUT2D eigenvalue weighted by molar-refractivity contribution is 5.77. The number of imidazole rings is 1. The average molecular weight is 452 g/mol. The Morgan fingerprint density at radius 3 is 2.21 bits per heavy atom. The zero-order valence-electron chi connectivity index (χ0n) is 19.2. The fourth-order valence-electron chi connectivity index (χ4n) is 4.36. The number of nitrogens with zero attached hydrogens (tertiary/aromatic N) is 5. The summed E-state index contributed by atoms with van der Waals surface area (Å²) in [6.45, 7) is 6.09. The lowest BCUT2D eigenvalue weighted by atomic mass is 10.1. The van der Waals surface area contributed by atoms with Crippen molar-refractivity contribution in [2.45, 2.75) is 66.0 Å². The van der Waals surface area contributed by atoms with Crippen molar-refractivity contribution in [3.8, 4) is 11.6 Å². The van der Waals surface area contributed by atoms with E-state index in [1.54, 1.807) is 38.1 Å². The maximum atomic E-state index is 13.6. The van der Waals surface area contributed by atoms with E-state index in [1.165, 1.54) is 13.5 Å². The molecule has 33 heavy (non-hydrogen) atoms. The van der Waals surface area contributed by atoms with Gasteiger partial charge in [-0.3, -0.25) is 18.7 Å². The third kappa shape index (κ3) is 3.57. The second-order valence-electron chi connectivity index (χ2n) is 8.08. The minimum Gasteiger partial charge on any atom is -0.494 e. The summed E-state index contributed by atoms with van der Waals surface area (Å²) in [5.74, 6) is -0.189. The summed E-state index contributed by atoms with van der Waals surface area (Å²) in [7, 11) is 0. The van der Waals surface area contributed by atoms with Crippen molar-refractivity contribution in [2.24, 2.45) is 0 Å². The maximum absolute atomic E-state index is 13.6. The van der Waals surface area contributed by atoms with Crippen LogP contribution in [0.3, 0.4) is 0 Å². The molecule has 1 N–H and O–H groups in total. The highest BCUT2D eigenvalue weighted by atomic mass is 16.3. The van der Waals surface area contributed by atoms with E-state index in [-0.39, 0.29) is 40.5 Å². The first-order valence-corrected chi connectivity index (χ1v) is 11.5. The lowest BCUT2D eigenvalue weighted by Crippen LogP contribution is -2.39. The molecule has 0 saturated heterocycles. The zero-order chi connectivity index (χ0) is 23.7. The molecule has 0 amide bonds. The molecule has 9 heteroatoms. The molecule has 3 aromatic heterocycles. The molecule has 1 aromatic carbocycles. The Morgan fingerprint density at radius 1 is 0.879 bits per heavy atom. The summed E-state index contributed by atoms with van der Waals surface area (Å²) >= 11 is 0. The molecule has 0 bridgehead atoms. The van der Waals surface area contributed by atoms with Crippen LogP contribution >= 0.6 is 0 Å². The highest BCUT2D eigenvalue weighted by Gasteiger charge is 2.25. The van der Waals surface area contributed by atoms with Gasteiger partial charge < -0.3 is 5.11 Å². The van der Waals surface area contributed by atoms with Gasteiger partial charge >= 0.3 is 5.69 Å². The standard InChI is InChI=1S/C24H29N5O4/c1-4-7-8-12-15-17-20(30)28(16-13-10-9-11-14-16)23-25-19-18(29(23)21(17)31)22(32)27(6-3)24(33)26(19)5-2/h9-11,13-14,31H,4-8,12,15H2,1-3H3. The molecule has 0 fully saturated rings. The van der Waals surface area contributed by atoms with Gasteiger partial charge in [0.15, 0.2) is 11.2 Å². The quantitative estimate of drug-likeness (QED) is 0.415. The van der Waals surface area contributed by atoms with Gasteiger partial charge in [0.25, 0.3) is 11.1 Å². The van der Waals surface area contributed by atoms with Crippen LogP contribution in [0.4, 0.5) is 0 Å². The number of aromatic nitrogens is 5. The summed E-state index contributed by atoms with van der Waals surface area (Å²) in [5, 5.41) is 11.2. The molecular formula is C24H29N5O4. The molecule has 9 nitrogen and oxygen atoms in total. The topological polar surface area (TPSA) is 104 Å². The third-order valence-electron chi connectivity index (χ3n) is 6.08. The molecule has 0 spiro atoms. The van der Waals surface area contributed by atoms with E-state index in [2.05, 4.69) is 11.9 Å². The number of benzene rings is 1. The van der Waals surface area contributed by atoms with Crippen molar-refractivity contribution in [3.05, 3.63) is 67.1 Å².